The number of aromatic nitrogens is 1. The molecular weight excluding hydrogens is 411 g/mol. The molecule has 0 atom stereocenters. The van der Waals surface area contributed by atoms with Crippen LogP contribution >= 0.6 is 48.8 Å². The van der Waals surface area contributed by atoms with Gasteiger partial charge in [-0.25, -0.2) is 4.98 Å². The van der Waals surface area contributed by atoms with E-state index in [1.165, 1.54) is 0 Å². The van der Waals surface area contributed by atoms with Crippen LogP contribution in [0.5, 0.6) is 0 Å². The minimum absolute atomic E-state index is 0.545. The lowest BCUT2D eigenvalue weighted by molar-refractivity contribution is 1.41. The van der Waals surface area contributed by atoms with Gasteiger partial charge in [-0.05, 0) is 18.2 Å². The van der Waals surface area contributed by atoms with Gasteiger partial charge in [0, 0.05) is 42.6 Å². The molecule has 0 spiro atoms. The Hall–Kier alpha value is 0.380. The van der Waals surface area contributed by atoms with Crippen molar-refractivity contribution in [3.8, 4) is 0 Å². The molecule has 1 aromatic heterocycles. The van der Waals surface area contributed by atoms with Crippen molar-refractivity contribution in [1.29, 1.82) is 0 Å². The van der Waals surface area contributed by atoms with Crippen LogP contribution in [0, 0.1) is 0 Å². The molecule has 2 rings (SSSR count). The van der Waals surface area contributed by atoms with Crippen LogP contribution in [0.15, 0.2) is 36.4 Å². The average Bonchev–Trinajstić information content (AvgIpc) is 2.21. The molecule has 68 valence electrons. The van der Waals surface area contributed by atoms with Crippen molar-refractivity contribution in [3.05, 3.63) is 41.6 Å². The number of benzene rings is 1. The maximum absolute atomic E-state index is 5.71. The number of halogens is 3. The summed E-state index contributed by atoms with van der Waals surface area (Å²) >= 11 is 9.95. The zero-order valence-electron chi connectivity index (χ0n) is 6.55. The molecule has 0 fully saturated rings. The average molecular weight is 417 g/mol. The first-order chi connectivity index (χ1) is 6.36. The number of para-hydroxylation sites is 1. The molecule has 0 saturated heterocycles. The van der Waals surface area contributed by atoms with Crippen molar-refractivity contribution in [2.24, 2.45) is 0 Å². The second-order valence-electron chi connectivity index (χ2n) is 2.33. The summed E-state index contributed by atoms with van der Waals surface area (Å²) in [6.07, 6.45) is 0. The third-order valence-corrected chi connectivity index (χ3v) is 1.77. The van der Waals surface area contributed by atoms with E-state index >= 15 is 0 Å². The molecule has 0 aliphatic heterocycles. The first-order valence-corrected chi connectivity index (χ1v) is 10.2. The van der Waals surface area contributed by atoms with Gasteiger partial charge in [-0.15, -0.1) is 0 Å². The minimum atomic E-state index is 0.545. The largest absolute Gasteiger partial charge is 0.236 e. The number of hydrogen-bond acceptors (Lipinski definition) is 1. The van der Waals surface area contributed by atoms with Gasteiger partial charge < -0.3 is 0 Å². The fraction of sp³-hybridized carbons (Fsp3) is 0. The first kappa shape index (κ1) is 11.5. The summed E-state index contributed by atoms with van der Waals surface area (Å²) in [4.78, 5) is 4.14. The van der Waals surface area contributed by atoms with E-state index in [4.69, 9.17) is 11.6 Å². The second kappa shape index (κ2) is 5.98. The molecule has 1 heterocycles. The van der Waals surface area contributed by atoms with Crippen molar-refractivity contribution >= 4 is 59.7 Å². The van der Waals surface area contributed by atoms with Gasteiger partial charge in [-0.2, -0.15) is 0 Å². The summed E-state index contributed by atoms with van der Waals surface area (Å²) in [6, 6.07) is 11.7. The fourth-order valence-corrected chi connectivity index (χ4v) is 1.20. The lowest BCUT2D eigenvalue weighted by Gasteiger charge is -1.94. The van der Waals surface area contributed by atoms with Gasteiger partial charge in [0.25, 0.3) is 0 Å². The molecule has 0 aliphatic carbocycles. The number of hydrogen-bond donors (Lipinski definition) is 0. The molecule has 0 aliphatic rings. The highest BCUT2D eigenvalue weighted by Crippen LogP contribution is 2.13. The molecule has 0 radical (unpaired) electrons. The SMILES string of the molecule is Clc1ccc2ccccc2n1.II. The molecule has 1 aromatic carbocycles. The van der Waals surface area contributed by atoms with E-state index in [9.17, 15) is 0 Å². The van der Waals surface area contributed by atoms with E-state index in [-0.39, 0.29) is 0 Å². The predicted molar refractivity (Wildman–Crippen MR) is 74.8 cm³/mol. The molecule has 0 unspecified atom stereocenters. The van der Waals surface area contributed by atoms with Gasteiger partial charge >= 0.3 is 0 Å². The minimum Gasteiger partial charge on any atom is -0.236 e. The first-order valence-electron chi connectivity index (χ1n) is 3.52. The van der Waals surface area contributed by atoms with Crippen LogP contribution in [0.3, 0.4) is 0 Å². The second-order valence-corrected chi connectivity index (χ2v) is 2.71. The van der Waals surface area contributed by atoms with Gasteiger partial charge in [0.05, 0.1) is 5.52 Å². The van der Waals surface area contributed by atoms with E-state index in [2.05, 4.69) is 42.2 Å². The highest BCUT2D eigenvalue weighted by molar-refractivity contribution is 15.0. The van der Waals surface area contributed by atoms with Gasteiger partial charge in [-0.1, -0.05) is 29.8 Å². The molecule has 0 N–H and O–H groups in total. The van der Waals surface area contributed by atoms with Crippen LogP contribution in [0.2, 0.25) is 5.15 Å². The number of rotatable bonds is 0. The molecule has 1 nitrogen and oxygen atoms in total. The van der Waals surface area contributed by atoms with Crippen LogP contribution < -0.4 is 0 Å². The van der Waals surface area contributed by atoms with Gasteiger partial charge in [-0.3, -0.25) is 0 Å². The summed E-state index contributed by atoms with van der Waals surface area (Å²) in [5.74, 6) is 0. The molecule has 0 amide bonds. The zero-order valence-corrected chi connectivity index (χ0v) is 11.6. The van der Waals surface area contributed by atoms with Crippen molar-refractivity contribution in [3.63, 3.8) is 0 Å². The summed E-state index contributed by atoms with van der Waals surface area (Å²) in [7, 11) is 0. The van der Waals surface area contributed by atoms with Gasteiger partial charge in [0.15, 0.2) is 0 Å². The van der Waals surface area contributed by atoms with Crippen LogP contribution in [-0.4, -0.2) is 4.98 Å². The van der Waals surface area contributed by atoms with E-state index < -0.39 is 0 Å². The van der Waals surface area contributed by atoms with Crippen LogP contribution in [0.25, 0.3) is 10.9 Å². The quantitative estimate of drug-likeness (QED) is 0.449. The highest BCUT2D eigenvalue weighted by atomic mass is 128. The number of pyridine rings is 1. The van der Waals surface area contributed by atoms with Crippen molar-refractivity contribution < 1.29 is 0 Å². The standard InChI is InChI=1S/C9H6ClN.I2/c10-9-6-5-7-3-1-2-4-8(7)11-9;1-2/h1-6H;. The van der Waals surface area contributed by atoms with E-state index in [1.807, 2.05) is 30.3 Å². The monoisotopic (exact) mass is 417 g/mol. The molecule has 13 heavy (non-hydrogen) atoms. The maximum Gasteiger partial charge on any atom is 0.129 e. The molecule has 0 saturated carbocycles. The zero-order chi connectivity index (χ0) is 9.68. The van der Waals surface area contributed by atoms with E-state index in [0.29, 0.717) is 5.15 Å². The predicted octanol–water partition coefficient (Wildman–Crippen LogP) is 4.66. The summed E-state index contributed by atoms with van der Waals surface area (Å²) in [6.45, 7) is 0. The Morgan fingerprint density at radius 3 is 2.46 bits per heavy atom. The van der Waals surface area contributed by atoms with Crippen molar-refractivity contribution in [2.45, 2.75) is 0 Å². The Kier molecular flexibility index (Phi) is 5.27. The molecule has 0 bridgehead atoms. The Morgan fingerprint density at radius 2 is 1.69 bits per heavy atom. The summed E-state index contributed by atoms with van der Waals surface area (Å²) < 4.78 is 0. The lowest BCUT2D eigenvalue weighted by atomic mass is 10.2. The number of fused-ring (bicyclic) bond motifs is 1. The van der Waals surface area contributed by atoms with Gasteiger partial charge in [0.2, 0.25) is 0 Å². The van der Waals surface area contributed by atoms with Crippen LogP contribution in [-0.2, 0) is 0 Å². The Bertz CT molecular complexity index is 392. The van der Waals surface area contributed by atoms with Crippen molar-refractivity contribution in [1.82, 2.24) is 4.98 Å². The van der Waals surface area contributed by atoms with Crippen molar-refractivity contribution in [2.75, 3.05) is 0 Å². The summed E-state index contributed by atoms with van der Waals surface area (Å²) in [5, 5.41) is 1.67. The Labute approximate surface area is 105 Å². The molecule has 4 heteroatoms. The third kappa shape index (κ3) is 3.21. The normalized spacial score (nSPS) is 9.15. The van der Waals surface area contributed by atoms with Gasteiger partial charge in [0.1, 0.15) is 5.15 Å². The number of nitrogens with zero attached hydrogens (tertiary/aromatic N) is 1. The molecule has 2 aromatic rings. The highest BCUT2D eigenvalue weighted by Gasteiger charge is 1.92. The third-order valence-electron chi connectivity index (χ3n) is 1.56. The smallest absolute Gasteiger partial charge is 0.129 e. The Balaban J connectivity index is 0.000000396. The van der Waals surface area contributed by atoms with Crippen LogP contribution in [0.1, 0.15) is 0 Å². The fourth-order valence-electron chi connectivity index (χ4n) is 1.04. The topological polar surface area (TPSA) is 12.9 Å². The maximum atomic E-state index is 5.71. The van der Waals surface area contributed by atoms with E-state index in [1.54, 1.807) is 6.07 Å². The Morgan fingerprint density at radius 1 is 1.00 bits per heavy atom. The van der Waals surface area contributed by atoms with E-state index in [0.717, 1.165) is 10.9 Å². The lowest BCUT2D eigenvalue weighted by Crippen LogP contribution is -1.76. The summed E-state index contributed by atoms with van der Waals surface area (Å²) in [5.41, 5.74) is 0.944. The van der Waals surface area contributed by atoms with Crippen LogP contribution in [0.4, 0.5) is 0 Å². The molecular formula is C9H6ClI2N.